The molecule has 0 unspecified atom stereocenters. The van der Waals surface area contributed by atoms with Crippen LogP contribution < -0.4 is 5.32 Å². The summed E-state index contributed by atoms with van der Waals surface area (Å²) in [6, 6.07) is 0. The van der Waals surface area contributed by atoms with Crippen LogP contribution >= 0.6 is 11.6 Å². The van der Waals surface area contributed by atoms with Crippen molar-refractivity contribution in [3.05, 3.63) is 41.2 Å². The summed E-state index contributed by atoms with van der Waals surface area (Å²) >= 11 is 6.22. The van der Waals surface area contributed by atoms with Crippen LogP contribution in [0.3, 0.4) is 0 Å². The Kier molecular flexibility index (Phi) is 4.63. The second-order valence-electron chi connectivity index (χ2n) is 7.77. The second-order valence-corrected chi connectivity index (χ2v) is 8.14. The van der Waals surface area contributed by atoms with Crippen molar-refractivity contribution >= 4 is 39.9 Å². The number of amides is 1. The standard InChI is InChI=1S/C20H15ClF4N6O/c1-8(20(23,24)25)14-17(22)16(21)15(10-4-27-30-18(10)14)11-6-31-7-12(28-13(31)5-26-11)29-19(32)9-2-3-9/h4-9H,2-3H2,1H3,(H,27,30)(H,29,32)/t8-/m1/s1. The second kappa shape index (κ2) is 7.16. The Morgan fingerprint density at radius 2 is 2.06 bits per heavy atom. The molecule has 1 atom stereocenters. The topological polar surface area (TPSA) is 88.0 Å². The van der Waals surface area contributed by atoms with Crippen LogP contribution in [0.5, 0.6) is 0 Å². The third kappa shape index (κ3) is 3.36. The molecule has 0 saturated heterocycles. The summed E-state index contributed by atoms with van der Waals surface area (Å²) in [5.41, 5.74) is 0.0213. The molecule has 1 fully saturated rings. The average molecular weight is 467 g/mol. The van der Waals surface area contributed by atoms with Crippen molar-refractivity contribution in [2.75, 3.05) is 5.32 Å². The van der Waals surface area contributed by atoms with E-state index in [1.165, 1.54) is 18.6 Å². The van der Waals surface area contributed by atoms with Gasteiger partial charge in [-0.05, 0) is 19.8 Å². The Morgan fingerprint density at radius 1 is 1.31 bits per heavy atom. The van der Waals surface area contributed by atoms with Crippen LogP contribution in [0.2, 0.25) is 5.02 Å². The third-order valence-electron chi connectivity index (χ3n) is 5.55. The molecule has 0 radical (unpaired) electrons. The zero-order chi connectivity index (χ0) is 22.8. The summed E-state index contributed by atoms with van der Waals surface area (Å²) in [6.07, 6.45) is 2.78. The molecule has 0 bridgehead atoms. The van der Waals surface area contributed by atoms with Crippen LogP contribution in [-0.2, 0) is 4.79 Å². The summed E-state index contributed by atoms with van der Waals surface area (Å²) in [6.45, 7) is 0.863. The minimum Gasteiger partial charge on any atom is -0.309 e. The minimum atomic E-state index is -4.67. The van der Waals surface area contributed by atoms with Crippen molar-refractivity contribution in [3.63, 3.8) is 0 Å². The lowest BCUT2D eigenvalue weighted by molar-refractivity contribution is -0.146. The van der Waals surface area contributed by atoms with Gasteiger partial charge in [-0.3, -0.25) is 14.9 Å². The number of aromatic amines is 1. The van der Waals surface area contributed by atoms with Gasteiger partial charge in [-0.1, -0.05) is 11.6 Å². The number of nitrogens with one attached hydrogen (secondary N) is 2. The number of fused-ring (bicyclic) bond motifs is 2. The van der Waals surface area contributed by atoms with E-state index in [0.717, 1.165) is 19.8 Å². The Hall–Kier alpha value is -3.21. The number of carbonyl (C=O) groups is 1. The highest BCUT2D eigenvalue weighted by Crippen LogP contribution is 2.44. The highest BCUT2D eigenvalue weighted by Gasteiger charge is 2.41. The van der Waals surface area contributed by atoms with E-state index in [1.807, 2.05) is 0 Å². The number of anilines is 1. The molecule has 1 saturated carbocycles. The Bertz CT molecular complexity index is 1370. The molecule has 1 aliphatic carbocycles. The van der Waals surface area contributed by atoms with E-state index < -0.39 is 28.5 Å². The first-order valence-corrected chi connectivity index (χ1v) is 10.1. The molecule has 2 N–H and O–H groups in total. The zero-order valence-corrected chi connectivity index (χ0v) is 17.2. The molecule has 7 nitrogen and oxygen atoms in total. The van der Waals surface area contributed by atoms with Gasteiger partial charge in [0.05, 0.1) is 40.7 Å². The fourth-order valence-corrected chi connectivity index (χ4v) is 3.92. The van der Waals surface area contributed by atoms with Gasteiger partial charge in [0.1, 0.15) is 5.82 Å². The number of rotatable bonds is 4. The molecule has 1 amide bonds. The number of halogens is 5. The molecule has 0 spiro atoms. The van der Waals surface area contributed by atoms with E-state index in [2.05, 4.69) is 25.5 Å². The summed E-state index contributed by atoms with van der Waals surface area (Å²) in [7, 11) is 0. The lowest BCUT2D eigenvalue weighted by Gasteiger charge is -2.19. The van der Waals surface area contributed by atoms with Gasteiger partial charge in [-0.25, -0.2) is 9.37 Å². The lowest BCUT2D eigenvalue weighted by atomic mass is 9.94. The van der Waals surface area contributed by atoms with Gasteiger partial charge in [-0.2, -0.15) is 18.3 Å². The van der Waals surface area contributed by atoms with Crippen LogP contribution in [0, 0.1) is 11.7 Å². The van der Waals surface area contributed by atoms with Crippen molar-refractivity contribution in [2.24, 2.45) is 5.92 Å². The molecule has 12 heteroatoms. The Labute approximate surface area is 182 Å². The number of nitrogens with zero attached hydrogens (tertiary/aromatic N) is 4. The predicted molar refractivity (Wildman–Crippen MR) is 109 cm³/mol. The number of imidazole rings is 1. The maximum absolute atomic E-state index is 15.1. The van der Waals surface area contributed by atoms with Gasteiger partial charge in [0, 0.05) is 28.6 Å². The molecule has 3 aromatic heterocycles. The first-order valence-electron chi connectivity index (χ1n) is 9.71. The van der Waals surface area contributed by atoms with E-state index in [9.17, 15) is 18.0 Å². The first kappa shape index (κ1) is 20.7. The van der Waals surface area contributed by atoms with Crippen molar-refractivity contribution < 1.29 is 22.4 Å². The summed E-state index contributed by atoms with van der Waals surface area (Å²) in [5, 5.41) is 8.70. The van der Waals surface area contributed by atoms with Gasteiger partial charge >= 0.3 is 6.18 Å². The average Bonchev–Trinajstić information content (AvgIpc) is 3.35. The largest absolute Gasteiger partial charge is 0.395 e. The maximum atomic E-state index is 15.1. The van der Waals surface area contributed by atoms with Crippen LogP contribution in [-0.4, -0.2) is 36.6 Å². The molecule has 166 valence electrons. The molecule has 32 heavy (non-hydrogen) atoms. The number of benzene rings is 1. The van der Waals surface area contributed by atoms with E-state index in [1.54, 1.807) is 10.6 Å². The number of aromatic nitrogens is 5. The first-order chi connectivity index (χ1) is 15.1. The number of hydrogen-bond acceptors (Lipinski definition) is 4. The minimum absolute atomic E-state index is 0.00209. The summed E-state index contributed by atoms with van der Waals surface area (Å²) in [4.78, 5) is 20.5. The van der Waals surface area contributed by atoms with Gasteiger partial charge in [0.15, 0.2) is 11.5 Å². The van der Waals surface area contributed by atoms with Gasteiger partial charge in [-0.15, -0.1) is 0 Å². The molecule has 4 aromatic rings. The van der Waals surface area contributed by atoms with Crippen molar-refractivity contribution in [3.8, 4) is 11.3 Å². The molecule has 0 aliphatic heterocycles. The number of carbonyl (C=O) groups excluding carboxylic acids is 1. The Balaban J connectivity index is 1.62. The summed E-state index contributed by atoms with van der Waals surface area (Å²) < 4.78 is 56.7. The molecule has 3 heterocycles. The van der Waals surface area contributed by atoms with Gasteiger partial charge in [0.25, 0.3) is 0 Å². The molecule has 1 aromatic carbocycles. The van der Waals surface area contributed by atoms with Gasteiger partial charge in [0.2, 0.25) is 5.91 Å². The van der Waals surface area contributed by atoms with E-state index in [4.69, 9.17) is 11.6 Å². The summed E-state index contributed by atoms with van der Waals surface area (Å²) in [5.74, 6) is -3.06. The van der Waals surface area contributed by atoms with E-state index in [0.29, 0.717) is 11.5 Å². The third-order valence-corrected chi connectivity index (χ3v) is 5.90. The van der Waals surface area contributed by atoms with Crippen LogP contribution in [0.15, 0.2) is 24.8 Å². The van der Waals surface area contributed by atoms with Crippen molar-refractivity contribution in [1.29, 1.82) is 0 Å². The number of alkyl halides is 3. The van der Waals surface area contributed by atoms with Crippen LogP contribution in [0.25, 0.3) is 27.8 Å². The van der Waals surface area contributed by atoms with E-state index in [-0.39, 0.29) is 34.0 Å². The highest BCUT2D eigenvalue weighted by atomic mass is 35.5. The van der Waals surface area contributed by atoms with Gasteiger partial charge < -0.3 is 9.72 Å². The number of hydrogen-bond donors (Lipinski definition) is 2. The molecule has 5 rings (SSSR count). The fraction of sp³-hybridized carbons (Fsp3) is 0.300. The van der Waals surface area contributed by atoms with Crippen LogP contribution in [0.1, 0.15) is 31.2 Å². The Morgan fingerprint density at radius 3 is 2.75 bits per heavy atom. The van der Waals surface area contributed by atoms with Crippen LogP contribution in [0.4, 0.5) is 23.4 Å². The smallest absolute Gasteiger partial charge is 0.309 e. The molecular weight excluding hydrogens is 452 g/mol. The number of H-pyrrole nitrogens is 1. The predicted octanol–water partition coefficient (Wildman–Crippen LogP) is 5.08. The SMILES string of the molecule is C[C@H](c1c(F)c(Cl)c(-c2cn3cc(NC(=O)C4CC4)nc3cn2)c2cn[nH]c12)C(F)(F)F. The van der Waals surface area contributed by atoms with Crippen molar-refractivity contribution in [1.82, 2.24) is 24.6 Å². The highest BCUT2D eigenvalue weighted by molar-refractivity contribution is 6.35. The molecular formula is C20H15ClF4N6O. The molecule has 1 aliphatic rings. The lowest BCUT2D eigenvalue weighted by Crippen LogP contribution is -2.19. The normalized spacial score (nSPS) is 15.4. The maximum Gasteiger partial charge on any atom is 0.395 e. The van der Waals surface area contributed by atoms with Crippen molar-refractivity contribution in [2.45, 2.75) is 31.9 Å². The zero-order valence-electron chi connectivity index (χ0n) is 16.5. The fourth-order valence-electron chi connectivity index (χ4n) is 3.62. The van der Waals surface area contributed by atoms with E-state index >= 15 is 4.39 Å². The quantitative estimate of drug-likeness (QED) is 0.411. The monoisotopic (exact) mass is 466 g/mol.